The minimum Gasteiger partial charge on any atom is -0.397 e. The standard InChI is InChI=1S/C14H11ClN2S/c1-9-7-10(15)4-5-11(9)14(17)12(8-16)13-3-2-6-18-13/h2-7H,17H2,1H3/b14-12+. The average Bonchev–Trinajstić information content (AvgIpc) is 2.83. The number of halogens is 1. The SMILES string of the molecule is Cc1cc(Cl)ccc1/C(N)=C(/C#N)c1cccs1. The molecule has 2 aromatic rings. The van der Waals surface area contributed by atoms with E-state index in [9.17, 15) is 5.26 Å². The molecule has 2 nitrogen and oxygen atoms in total. The highest BCUT2D eigenvalue weighted by molar-refractivity contribution is 7.11. The van der Waals surface area contributed by atoms with Crippen LogP contribution in [0.3, 0.4) is 0 Å². The van der Waals surface area contributed by atoms with Crippen LogP contribution >= 0.6 is 22.9 Å². The van der Waals surface area contributed by atoms with Crippen molar-refractivity contribution < 1.29 is 0 Å². The minimum absolute atomic E-state index is 0.495. The lowest BCUT2D eigenvalue weighted by molar-refractivity contribution is 1.39. The van der Waals surface area contributed by atoms with Crippen LogP contribution in [0.2, 0.25) is 5.02 Å². The van der Waals surface area contributed by atoms with Gasteiger partial charge in [0.2, 0.25) is 0 Å². The summed E-state index contributed by atoms with van der Waals surface area (Å²) in [4.78, 5) is 0.879. The summed E-state index contributed by atoms with van der Waals surface area (Å²) in [5, 5.41) is 11.9. The molecule has 1 aromatic carbocycles. The molecule has 0 bridgehead atoms. The lowest BCUT2D eigenvalue weighted by atomic mass is 10.0. The Morgan fingerprint density at radius 1 is 1.39 bits per heavy atom. The van der Waals surface area contributed by atoms with E-state index in [2.05, 4.69) is 6.07 Å². The third-order valence-electron chi connectivity index (χ3n) is 2.63. The Balaban J connectivity index is 2.58. The van der Waals surface area contributed by atoms with Crippen molar-refractivity contribution in [3.63, 3.8) is 0 Å². The lowest BCUT2D eigenvalue weighted by Crippen LogP contribution is -2.02. The number of benzene rings is 1. The molecule has 0 aliphatic rings. The molecular formula is C14H11ClN2S. The second kappa shape index (κ2) is 5.26. The average molecular weight is 275 g/mol. The molecule has 0 saturated heterocycles. The van der Waals surface area contributed by atoms with Gasteiger partial charge in [0.15, 0.2) is 0 Å². The van der Waals surface area contributed by atoms with Crippen LogP contribution in [0.1, 0.15) is 16.0 Å². The van der Waals surface area contributed by atoms with Crippen molar-refractivity contribution in [3.8, 4) is 6.07 Å². The number of nitrogens with zero attached hydrogens (tertiary/aromatic N) is 1. The van der Waals surface area contributed by atoms with E-state index in [4.69, 9.17) is 17.3 Å². The first kappa shape index (κ1) is 12.7. The monoisotopic (exact) mass is 274 g/mol. The Labute approximate surface area is 115 Å². The molecule has 2 N–H and O–H groups in total. The molecule has 0 fully saturated rings. The molecule has 90 valence electrons. The molecule has 1 aromatic heterocycles. The van der Waals surface area contributed by atoms with Crippen LogP contribution in [0.25, 0.3) is 11.3 Å². The predicted molar refractivity (Wildman–Crippen MR) is 77.1 cm³/mol. The number of hydrogen-bond donors (Lipinski definition) is 1. The molecule has 0 spiro atoms. The molecule has 0 aliphatic heterocycles. The van der Waals surface area contributed by atoms with Gasteiger partial charge in [0.05, 0.1) is 11.3 Å². The summed E-state index contributed by atoms with van der Waals surface area (Å²) in [5.41, 5.74) is 8.93. The number of thiophene rings is 1. The number of nitrogens with two attached hydrogens (primary N) is 1. The van der Waals surface area contributed by atoms with E-state index < -0.39 is 0 Å². The van der Waals surface area contributed by atoms with Crippen molar-refractivity contribution in [2.75, 3.05) is 0 Å². The maximum absolute atomic E-state index is 9.27. The van der Waals surface area contributed by atoms with Gasteiger partial charge in [0.1, 0.15) is 6.07 Å². The van der Waals surface area contributed by atoms with E-state index in [1.165, 1.54) is 11.3 Å². The third kappa shape index (κ3) is 2.40. The normalized spacial score (nSPS) is 11.8. The Hall–Kier alpha value is -1.76. The first-order valence-electron chi connectivity index (χ1n) is 5.33. The van der Waals surface area contributed by atoms with Crippen molar-refractivity contribution in [2.24, 2.45) is 5.73 Å². The number of aryl methyl sites for hydroxylation is 1. The molecule has 0 amide bonds. The van der Waals surface area contributed by atoms with E-state index in [1.807, 2.05) is 36.6 Å². The largest absolute Gasteiger partial charge is 0.397 e. The van der Waals surface area contributed by atoms with Crippen LogP contribution in [0, 0.1) is 18.3 Å². The molecule has 0 radical (unpaired) electrons. The zero-order valence-corrected chi connectivity index (χ0v) is 11.3. The number of hydrogen-bond acceptors (Lipinski definition) is 3. The van der Waals surface area contributed by atoms with Crippen LogP contribution in [-0.2, 0) is 0 Å². The Morgan fingerprint density at radius 3 is 2.72 bits per heavy atom. The van der Waals surface area contributed by atoms with Gasteiger partial charge in [-0.3, -0.25) is 0 Å². The molecule has 0 aliphatic carbocycles. The maximum Gasteiger partial charge on any atom is 0.103 e. The molecule has 18 heavy (non-hydrogen) atoms. The second-order valence-corrected chi connectivity index (χ2v) is 5.22. The summed E-state index contributed by atoms with van der Waals surface area (Å²) >= 11 is 7.42. The van der Waals surface area contributed by atoms with Crippen LogP contribution in [0.5, 0.6) is 0 Å². The van der Waals surface area contributed by atoms with Gasteiger partial charge in [-0.2, -0.15) is 5.26 Å². The van der Waals surface area contributed by atoms with Gasteiger partial charge in [-0.15, -0.1) is 11.3 Å². The summed E-state index contributed by atoms with van der Waals surface area (Å²) < 4.78 is 0. The zero-order chi connectivity index (χ0) is 13.1. The molecular weight excluding hydrogens is 264 g/mol. The van der Waals surface area contributed by atoms with E-state index in [0.29, 0.717) is 16.3 Å². The van der Waals surface area contributed by atoms with Gasteiger partial charge >= 0.3 is 0 Å². The fourth-order valence-electron chi connectivity index (χ4n) is 1.73. The number of nitriles is 1. The topological polar surface area (TPSA) is 49.8 Å². The van der Waals surface area contributed by atoms with Crippen LogP contribution in [0.4, 0.5) is 0 Å². The summed E-state index contributed by atoms with van der Waals surface area (Å²) in [7, 11) is 0. The molecule has 0 saturated carbocycles. The van der Waals surface area contributed by atoms with Gasteiger partial charge < -0.3 is 5.73 Å². The molecule has 2 rings (SSSR count). The molecule has 4 heteroatoms. The van der Waals surface area contributed by atoms with Crippen molar-refractivity contribution in [2.45, 2.75) is 6.92 Å². The Morgan fingerprint density at radius 2 is 2.17 bits per heavy atom. The van der Waals surface area contributed by atoms with Crippen molar-refractivity contribution in [1.82, 2.24) is 0 Å². The first-order chi connectivity index (χ1) is 8.63. The van der Waals surface area contributed by atoms with E-state index in [-0.39, 0.29) is 0 Å². The van der Waals surface area contributed by atoms with Crippen molar-refractivity contribution in [1.29, 1.82) is 5.26 Å². The third-order valence-corrected chi connectivity index (χ3v) is 3.75. The Bertz CT molecular complexity index is 636. The summed E-state index contributed by atoms with van der Waals surface area (Å²) in [5.74, 6) is 0. The van der Waals surface area contributed by atoms with Crippen molar-refractivity contribution >= 4 is 34.2 Å². The van der Waals surface area contributed by atoms with Gasteiger partial charge in [-0.05, 0) is 36.1 Å². The maximum atomic E-state index is 9.27. The highest BCUT2D eigenvalue weighted by atomic mass is 35.5. The minimum atomic E-state index is 0.495. The van der Waals surface area contributed by atoms with Crippen LogP contribution in [0.15, 0.2) is 35.7 Å². The van der Waals surface area contributed by atoms with Crippen molar-refractivity contribution in [3.05, 3.63) is 56.7 Å². The lowest BCUT2D eigenvalue weighted by Gasteiger charge is -2.08. The van der Waals surface area contributed by atoms with E-state index in [0.717, 1.165) is 16.0 Å². The van der Waals surface area contributed by atoms with E-state index in [1.54, 1.807) is 6.07 Å². The van der Waals surface area contributed by atoms with Gasteiger partial charge in [0, 0.05) is 15.5 Å². The predicted octanol–water partition coefficient (Wildman–Crippen LogP) is 4.06. The Kier molecular flexibility index (Phi) is 3.71. The smallest absolute Gasteiger partial charge is 0.103 e. The molecule has 1 heterocycles. The number of allylic oxidation sites excluding steroid dienone is 1. The van der Waals surface area contributed by atoms with Crippen LogP contribution < -0.4 is 5.73 Å². The molecule has 0 atom stereocenters. The fourth-order valence-corrected chi connectivity index (χ4v) is 2.69. The quantitative estimate of drug-likeness (QED) is 0.840. The highest BCUT2D eigenvalue weighted by Crippen LogP contribution is 2.28. The summed E-state index contributed by atoms with van der Waals surface area (Å²) in [6.07, 6.45) is 0. The van der Waals surface area contributed by atoms with Crippen LogP contribution in [-0.4, -0.2) is 0 Å². The molecule has 0 unspecified atom stereocenters. The van der Waals surface area contributed by atoms with Gasteiger partial charge in [-0.25, -0.2) is 0 Å². The van der Waals surface area contributed by atoms with Gasteiger partial charge in [0.25, 0.3) is 0 Å². The summed E-state index contributed by atoms with van der Waals surface area (Å²) in [6.45, 7) is 1.93. The fraction of sp³-hybridized carbons (Fsp3) is 0.0714. The zero-order valence-electron chi connectivity index (χ0n) is 9.77. The van der Waals surface area contributed by atoms with Gasteiger partial charge in [-0.1, -0.05) is 23.7 Å². The van der Waals surface area contributed by atoms with E-state index >= 15 is 0 Å². The summed E-state index contributed by atoms with van der Waals surface area (Å²) in [6, 6.07) is 11.4. The first-order valence-corrected chi connectivity index (χ1v) is 6.59. The second-order valence-electron chi connectivity index (χ2n) is 3.84. The number of rotatable bonds is 2. The highest BCUT2D eigenvalue weighted by Gasteiger charge is 2.11.